The van der Waals surface area contributed by atoms with Crippen LogP contribution in [0.2, 0.25) is 0 Å². The number of nitrogen functional groups attached to an aromatic ring is 1. The Bertz CT molecular complexity index is 732. The number of carbonyl (C=O) groups is 2. The zero-order valence-electron chi connectivity index (χ0n) is 10.6. The van der Waals surface area contributed by atoms with Crippen LogP contribution in [0.1, 0.15) is 20.7 Å². The van der Waals surface area contributed by atoms with Gasteiger partial charge in [0.15, 0.2) is 0 Å². The molecule has 0 heterocycles. The Hall–Kier alpha value is -2.96. The van der Waals surface area contributed by atoms with Crippen LogP contribution in [0.5, 0.6) is 0 Å². The van der Waals surface area contributed by atoms with Crippen LogP contribution in [0, 0.1) is 11.6 Å². The summed E-state index contributed by atoms with van der Waals surface area (Å²) in [5.41, 5.74) is 4.69. The fraction of sp³-hybridized carbons (Fsp3) is 0. The molecule has 0 bridgehead atoms. The van der Waals surface area contributed by atoms with Crippen molar-refractivity contribution in [2.24, 2.45) is 0 Å². The average molecular weight is 292 g/mol. The first-order valence-electron chi connectivity index (χ1n) is 5.78. The van der Waals surface area contributed by atoms with Gasteiger partial charge in [-0.3, -0.25) is 4.79 Å². The summed E-state index contributed by atoms with van der Waals surface area (Å²) in [5.74, 6) is -4.60. The number of para-hydroxylation sites is 1. The second kappa shape index (κ2) is 5.58. The maximum absolute atomic E-state index is 13.6. The highest BCUT2D eigenvalue weighted by Gasteiger charge is 2.17. The van der Waals surface area contributed by atoms with Crippen LogP contribution in [0.15, 0.2) is 36.4 Å². The summed E-state index contributed by atoms with van der Waals surface area (Å²) in [5, 5.41) is 10.9. The lowest BCUT2D eigenvalue weighted by molar-refractivity contribution is 0.0691. The molecule has 2 rings (SSSR count). The van der Waals surface area contributed by atoms with Crippen LogP contribution in [0.25, 0.3) is 0 Å². The van der Waals surface area contributed by atoms with Gasteiger partial charge in [0, 0.05) is 11.8 Å². The number of carboxylic acids is 1. The Labute approximate surface area is 118 Å². The van der Waals surface area contributed by atoms with Gasteiger partial charge in [0.2, 0.25) is 0 Å². The lowest BCUT2D eigenvalue weighted by atomic mass is 10.1. The van der Waals surface area contributed by atoms with Crippen LogP contribution in [0.3, 0.4) is 0 Å². The van der Waals surface area contributed by atoms with Gasteiger partial charge in [0.1, 0.15) is 11.6 Å². The Morgan fingerprint density at radius 2 is 1.71 bits per heavy atom. The molecule has 21 heavy (non-hydrogen) atoms. The summed E-state index contributed by atoms with van der Waals surface area (Å²) < 4.78 is 26.8. The molecule has 0 aliphatic rings. The predicted molar refractivity (Wildman–Crippen MR) is 72.1 cm³/mol. The molecule has 5 nitrogen and oxygen atoms in total. The number of benzene rings is 2. The van der Waals surface area contributed by atoms with Crippen molar-refractivity contribution < 1.29 is 23.5 Å². The topological polar surface area (TPSA) is 92.4 Å². The van der Waals surface area contributed by atoms with Gasteiger partial charge in [0.25, 0.3) is 5.91 Å². The molecule has 0 atom stereocenters. The smallest absolute Gasteiger partial charge is 0.338 e. The summed E-state index contributed by atoms with van der Waals surface area (Å²) in [6.45, 7) is 0. The van der Waals surface area contributed by atoms with E-state index in [2.05, 4.69) is 5.32 Å². The van der Waals surface area contributed by atoms with Crippen molar-refractivity contribution in [1.29, 1.82) is 0 Å². The number of aromatic carboxylic acids is 1. The summed E-state index contributed by atoms with van der Waals surface area (Å²) in [7, 11) is 0. The zero-order valence-corrected chi connectivity index (χ0v) is 10.6. The molecule has 0 radical (unpaired) electrons. The molecular formula is C14H10F2N2O3. The summed E-state index contributed by atoms with van der Waals surface area (Å²) >= 11 is 0. The van der Waals surface area contributed by atoms with Crippen LogP contribution >= 0.6 is 0 Å². The molecule has 0 aliphatic heterocycles. The van der Waals surface area contributed by atoms with E-state index in [-0.39, 0.29) is 11.3 Å². The molecule has 0 aromatic heterocycles. The number of carboxylic acid groups (broad SMARTS) is 1. The van der Waals surface area contributed by atoms with Gasteiger partial charge in [0.05, 0.1) is 16.8 Å². The fourth-order valence-electron chi connectivity index (χ4n) is 1.70. The number of halogens is 2. The molecule has 0 saturated carbocycles. The molecule has 4 N–H and O–H groups in total. The number of hydrogen-bond donors (Lipinski definition) is 3. The molecule has 1 amide bonds. The average Bonchev–Trinajstić information content (AvgIpc) is 2.41. The van der Waals surface area contributed by atoms with Crippen molar-refractivity contribution in [2.75, 3.05) is 11.1 Å². The third-order valence-corrected chi connectivity index (χ3v) is 2.74. The number of nitrogens with one attached hydrogen (secondary N) is 1. The second-order valence-electron chi connectivity index (χ2n) is 4.16. The van der Waals surface area contributed by atoms with E-state index in [1.54, 1.807) is 12.1 Å². The number of hydrogen-bond acceptors (Lipinski definition) is 3. The van der Waals surface area contributed by atoms with Crippen molar-refractivity contribution in [3.63, 3.8) is 0 Å². The number of amides is 1. The monoisotopic (exact) mass is 292 g/mol. The highest BCUT2D eigenvalue weighted by atomic mass is 19.1. The van der Waals surface area contributed by atoms with Crippen molar-refractivity contribution in [2.45, 2.75) is 0 Å². The van der Waals surface area contributed by atoms with E-state index >= 15 is 0 Å². The minimum atomic E-state index is -1.57. The lowest BCUT2D eigenvalue weighted by Gasteiger charge is -2.09. The molecular weight excluding hydrogens is 282 g/mol. The minimum Gasteiger partial charge on any atom is -0.478 e. The Balaban J connectivity index is 2.36. The van der Waals surface area contributed by atoms with Gasteiger partial charge in [-0.05, 0) is 18.2 Å². The summed E-state index contributed by atoms with van der Waals surface area (Å²) in [6.07, 6.45) is 0. The number of carbonyl (C=O) groups excluding carboxylic acids is 1. The maximum Gasteiger partial charge on any atom is 0.338 e. The van der Waals surface area contributed by atoms with Crippen LogP contribution in [-0.4, -0.2) is 17.0 Å². The molecule has 2 aromatic carbocycles. The normalized spacial score (nSPS) is 10.2. The zero-order chi connectivity index (χ0) is 15.6. The third-order valence-electron chi connectivity index (χ3n) is 2.74. The van der Waals surface area contributed by atoms with Crippen molar-refractivity contribution >= 4 is 23.3 Å². The Morgan fingerprint density at radius 1 is 1.05 bits per heavy atom. The lowest BCUT2D eigenvalue weighted by Crippen LogP contribution is -2.16. The van der Waals surface area contributed by atoms with Crippen molar-refractivity contribution in [1.82, 2.24) is 0 Å². The molecule has 0 spiro atoms. The molecule has 0 fully saturated rings. The second-order valence-corrected chi connectivity index (χ2v) is 4.16. The van der Waals surface area contributed by atoms with Crippen LogP contribution < -0.4 is 11.1 Å². The SMILES string of the molecule is Nc1ccccc1C(=O)Nc1cc(C(=O)O)c(F)cc1F. The predicted octanol–water partition coefficient (Wildman–Crippen LogP) is 2.50. The first-order valence-corrected chi connectivity index (χ1v) is 5.78. The highest BCUT2D eigenvalue weighted by Crippen LogP contribution is 2.21. The largest absolute Gasteiger partial charge is 0.478 e. The van der Waals surface area contributed by atoms with Gasteiger partial charge in [-0.2, -0.15) is 0 Å². The van der Waals surface area contributed by atoms with Crippen LogP contribution in [-0.2, 0) is 0 Å². The summed E-state index contributed by atoms with van der Waals surface area (Å²) in [4.78, 5) is 22.8. The number of nitrogens with two attached hydrogens (primary N) is 1. The molecule has 0 unspecified atom stereocenters. The van der Waals surface area contributed by atoms with Crippen molar-refractivity contribution in [3.05, 3.63) is 59.2 Å². The standard InChI is InChI=1S/C14H10F2N2O3/c15-9-6-10(16)12(5-8(9)14(20)21)18-13(19)7-3-1-2-4-11(7)17/h1-6H,17H2,(H,18,19)(H,20,21). The first-order chi connectivity index (χ1) is 9.90. The minimum absolute atomic E-state index is 0.0955. The molecule has 0 saturated heterocycles. The molecule has 7 heteroatoms. The quantitative estimate of drug-likeness (QED) is 0.758. The van der Waals surface area contributed by atoms with E-state index in [4.69, 9.17) is 10.8 Å². The molecule has 108 valence electrons. The van der Waals surface area contributed by atoms with Crippen LogP contribution in [0.4, 0.5) is 20.2 Å². The maximum atomic E-state index is 13.6. The Kier molecular flexibility index (Phi) is 3.84. The fourth-order valence-corrected chi connectivity index (χ4v) is 1.70. The van der Waals surface area contributed by atoms with E-state index in [1.807, 2.05) is 0 Å². The van der Waals surface area contributed by atoms with Gasteiger partial charge >= 0.3 is 5.97 Å². The van der Waals surface area contributed by atoms with E-state index in [1.165, 1.54) is 12.1 Å². The Morgan fingerprint density at radius 3 is 2.33 bits per heavy atom. The van der Waals surface area contributed by atoms with E-state index < -0.39 is 34.8 Å². The molecule has 0 aliphatic carbocycles. The first kappa shape index (κ1) is 14.4. The third kappa shape index (κ3) is 2.97. The van der Waals surface area contributed by atoms with Gasteiger partial charge in [-0.1, -0.05) is 12.1 Å². The van der Waals surface area contributed by atoms with E-state index in [0.717, 1.165) is 0 Å². The van der Waals surface area contributed by atoms with Gasteiger partial charge < -0.3 is 16.2 Å². The van der Waals surface area contributed by atoms with Crippen molar-refractivity contribution in [3.8, 4) is 0 Å². The number of rotatable bonds is 3. The summed E-state index contributed by atoms with van der Waals surface area (Å²) in [6, 6.07) is 7.20. The number of anilines is 2. The van der Waals surface area contributed by atoms with E-state index in [9.17, 15) is 18.4 Å². The highest BCUT2D eigenvalue weighted by molar-refractivity contribution is 6.08. The van der Waals surface area contributed by atoms with E-state index in [0.29, 0.717) is 12.1 Å². The van der Waals surface area contributed by atoms with Gasteiger partial charge in [-0.15, -0.1) is 0 Å². The van der Waals surface area contributed by atoms with Gasteiger partial charge in [-0.25, -0.2) is 13.6 Å². The molecule has 2 aromatic rings.